The molecule has 0 radical (unpaired) electrons. The van der Waals surface area contributed by atoms with Crippen LogP contribution >= 0.6 is 0 Å². The highest BCUT2D eigenvalue weighted by Gasteiger charge is 2.70. The molecule has 3 fully saturated rings. The number of nitrogens with one attached hydrogen (secondary N) is 3. The van der Waals surface area contributed by atoms with Gasteiger partial charge < -0.3 is 34.9 Å². The van der Waals surface area contributed by atoms with Crippen LogP contribution in [0.1, 0.15) is 72.6 Å². The van der Waals surface area contributed by atoms with E-state index < -0.39 is 92.8 Å². The number of ether oxygens (including phenoxy) is 3. The van der Waals surface area contributed by atoms with Gasteiger partial charge in [-0.05, 0) is 63.9 Å². The Morgan fingerprint density at radius 1 is 1.14 bits per heavy atom. The molecular weight excluding hydrogens is 802 g/mol. The van der Waals surface area contributed by atoms with Crippen LogP contribution in [0.15, 0.2) is 47.8 Å². The maximum absolute atomic E-state index is 14.8. The third-order valence-corrected chi connectivity index (χ3v) is 14.4. The third kappa shape index (κ3) is 8.57. The highest BCUT2D eigenvalue weighted by atomic mass is 32.2. The molecule has 59 heavy (non-hydrogen) atoms. The minimum absolute atomic E-state index is 0.0830. The minimum atomic E-state index is -4.93. The number of aliphatic hydroxyl groups excluding tert-OH is 1. The number of benzene rings is 1. The SMILES string of the molecule is COc1cnc(O[C@@H]2CC3C(=O)N[C@]4(CNS(=O)(=O)C5(CO)CC5)C[C@@]4(N=O)/C=C\CC[C@H](C)C[C@@H](C)[C@H](NC(=O)OC(C)(C)C(F)(F)F)C(=O)N3C2)c2ccccc12. The molecular formula is C39H51F3N6O10S. The minimum Gasteiger partial charge on any atom is -0.494 e. The van der Waals surface area contributed by atoms with Gasteiger partial charge in [0, 0.05) is 30.2 Å². The molecule has 2 aliphatic carbocycles. The molecule has 2 aromatic rings. The summed E-state index contributed by atoms with van der Waals surface area (Å²) in [6.45, 7) is 3.60. The smallest absolute Gasteiger partial charge is 0.427 e. The van der Waals surface area contributed by atoms with Crippen molar-refractivity contribution in [2.45, 2.75) is 118 Å². The molecule has 6 rings (SSSR count). The summed E-state index contributed by atoms with van der Waals surface area (Å²) in [5.41, 5.74) is -6.04. The van der Waals surface area contributed by atoms with E-state index in [4.69, 9.17) is 14.2 Å². The van der Waals surface area contributed by atoms with Crippen molar-refractivity contribution in [1.29, 1.82) is 0 Å². The number of nitrogens with zero attached hydrogens (tertiary/aromatic N) is 3. The monoisotopic (exact) mass is 852 g/mol. The Labute approximate surface area is 340 Å². The van der Waals surface area contributed by atoms with Crippen LogP contribution in [0.2, 0.25) is 0 Å². The van der Waals surface area contributed by atoms with E-state index >= 15 is 0 Å². The van der Waals surface area contributed by atoms with E-state index in [0.29, 0.717) is 49.6 Å². The predicted molar refractivity (Wildman–Crippen MR) is 208 cm³/mol. The first-order valence-corrected chi connectivity index (χ1v) is 21.0. The molecule has 324 valence electrons. The summed E-state index contributed by atoms with van der Waals surface area (Å²) in [4.78, 5) is 60.8. The molecule has 1 saturated heterocycles. The fraction of sp³-hybridized carbons (Fsp3) is 0.641. The molecule has 2 aliphatic heterocycles. The summed E-state index contributed by atoms with van der Waals surface area (Å²) in [5, 5.41) is 19.7. The average molecular weight is 853 g/mol. The van der Waals surface area contributed by atoms with E-state index in [1.807, 2.05) is 6.92 Å². The number of halogens is 3. The standard InChI is InChI=1S/C39H51F3N6O10S/c1-23-10-8-9-13-37(47-53)20-38(37,21-44-59(54,55)36(22-49)14-15-36)46-31(50)28-17-25(57-32-27-12-7-6-11-26(27)29(56-5)18-43-32)19-48(28)33(51)30(24(2)16-23)45-34(52)58-35(3,4)39(40,41)42/h6-7,9,11-13,18,23-25,28,30,44,49H,8,10,14-17,19-22H2,1-5H3,(H,45,52)(H,46,50)/b13-9-/t23-,24+,25+,28?,30-,37-,38-/m0/s1. The number of alkyl carbamates (subject to hydrolysis) is 1. The molecule has 4 N–H and O–H groups in total. The van der Waals surface area contributed by atoms with Gasteiger partial charge in [-0.3, -0.25) is 9.59 Å². The van der Waals surface area contributed by atoms with Crippen LogP contribution in [-0.4, -0.2) is 114 Å². The molecule has 3 heterocycles. The number of hydrogen-bond acceptors (Lipinski definition) is 12. The van der Waals surface area contributed by atoms with Crippen LogP contribution in [0.5, 0.6) is 11.6 Å². The quantitative estimate of drug-likeness (QED) is 0.185. The van der Waals surface area contributed by atoms with Gasteiger partial charge in [0.15, 0.2) is 0 Å². The van der Waals surface area contributed by atoms with Gasteiger partial charge in [-0.1, -0.05) is 49.4 Å². The van der Waals surface area contributed by atoms with Crippen LogP contribution in [0.25, 0.3) is 10.8 Å². The number of hydrogen-bond donors (Lipinski definition) is 4. The van der Waals surface area contributed by atoms with Crippen LogP contribution in [0.4, 0.5) is 18.0 Å². The molecule has 4 aliphatic rings. The van der Waals surface area contributed by atoms with Crippen molar-refractivity contribution in [2.24, 2.45) is 17.0 Å². The molecule has 7 atom stereocenters. The number of sulfonamides is 1. The number of aromatic nitrogens is 1. The maximum atomic E-state index is 14.8. The number of alkyl halides is 3. The number of fused-ring (bicyclic) bond motifs is 3. The van der Waals surface area contributed by atoms with E-state index in [0.717, 1.165) is 0 Å². The summed E-state index contributed by atoms with van der Waals surface area (Å²) < 4.78 is 85.6. The van der Waals surface area contributed by atoms with Crippen molar-refractivity contribution in [3.05, 3.63) is 47.5 Å². The number of nitroso groups, excluding NO2 is 1. The van der Waals surface area contributed by atoms with Crippen molar-refractivity contribution in [1.82, 2.24) is 25.2 Å². The zero-order chi connectivity index (χ0) is 43.2. The van der Waals surface area contributed by atoms with E-state index in [1.165, 1.54) is 18.2 Å². The maximum Gasteiger partial charge on any atom is 0.427 e. The summed E-state index contributed by atoms with van der Waals surface area (Å²) in [7, 11) is -2.63. The van der Waals surface area contributed by atoms with Crippen molar-refractivity contribution >= 4 is 38.7 Å². The van der Waals surface area contributed by atoms with Crippen LogP contribution < -0.4 is 24.8 Å². The second-order valence-electron chi connectivity index (χ2n) is 16.9. The lowest BCUT2D eigenvalue weighted by Gasteiger charge is -2.34. The van der Waals surface area contributed by atoms with Gasteiger partial charge in [0.1, 0.15) is 34.2 Å². The van der Waals surface area contributed by atoms with Crippen LogP contribution in [0.3, 0.4) is 0 Å². The molecule has 1 aromatic carbocycles. The molecule has 1 unspecified atom stereocenters. The van der Waals surface area contributed by atoms with Crippen LogP contribution in [0, 0.1) is 16.7 Å². The molecule has 0 spiro atoms. The van der Waals surface area contributed by atoms with E-state index in [9.17, 15) is 46.0 Å². The topological polar surface area (TPSA) is 215 Å². The predicted octanol–water partition coefficient (Wildman–Crippen LogP) is 4.25. The molecule has 2 saturated carbocycles. The van der Waals surface area contributed by atoms with Gasteiger partial charge in [0.25, 0.3) is 0 Å². The Balaban J connectivity index is 1.37. The Morgan fingerprint density at radius 2 is 1.83 bits per heavy atom. The summed E-state index contributed by atoms with van der Waals surface area (Å²) in [5.74, 6) is -1.75. The first kappa shape index (κ1) is 44.0. The Hall–Kier alpha value is -4.56. The first-order chi connectivity index (χ1) is 27.7. The Kier molecular flexibility index (Phi) is 12.0. The van der Waals surface area contributed by atoms with Gasteiger partial charge in [-0.2, -0.15) is 13.2 Å². The fourth-order valence-electron chi connectivity index (χ4n) is 8.09. The van der Waals surface area contributed by atoms with E-state index in [2.05, 4.69) is 25.5 Å². The van der Waals surface area contributed by atoms with Gasteiger partial charge in [-0.25, -0.2) is 22.9 Å². The molecule has 1 aromatic heterocycles. The molecule has 0 bridgehead atoms. The highest BCUT2D eigenvalue weighted by molar-refractivity contribution is 7.91. The number of rotatable bonds is 11. The first-order valence-electron chi connectivity index (χ1n) is 19.6. The number of carbonyl (C=O) groups excluding carboxylic acids is 3. The average Bonchev–Trinajstić information content (AvgIpc) is 4.06. The third-order valence-electron chi connectivity index (χ3n) is 12.2. The zero-order valence-electron chi connectivity index (χ0n) is 33.5. The van der Waals surface area contributed by atoms with Crippen molar-refractivity contribution in [2.75, 3.05) is 26.8 Å². The largest absolute Gasteiger partial charge is 0.494 e. The lowest BCUT2D eigenvalue weighted by Crippen LogP contribution is -2.59. The van der Waals surface area contributed by atoms with Crippen LogP contribution in [-0.2, 0) is 24.3 Å². The second-order valence-corrected chi connectivity index (χ2v) is 19.1. The number of pyridine rings is 1. The van der Waals surface area contributed by atoms with Crippen molar-refractivity contribution < 1.29 is 55.3 Å². The van der Waals surface area contributed by atoms with Crippen molar-refractivity contribution in [3.63, 3.8) is 0 Å². The number of amides is 3. The zero-order valence-corrected chi connectivity index (χ0v) is 34.3. The number of aliphatic hydroxyl groups is 1. The van der Waals surface area contributed by atoms with Gasteiger partial charge >= 0.3 is 12.3 Å². The van der Waals surface area contributed by atoms with E-state index in [-0.39, 0.29) is 44.0 Å². The number of methoxy groups -OCH3 is 1. The van der Waals surface area contributed by atoms with Gasteiger partial charge in [-0.15, -0.1) is 4.91 Å². The second kappa shape index (κ2) is 16.1. The van der Waals surface area contributed by atoms with E-state index in [1.54, 1.807) is 43.3 Å². The number of carbonyl (C=O) groups is 3. The summed E-state index contributed by atoms with van der Waals surface area (Å²) in [6, 6.07) is 4.30. The summed E-state index contributed by atoms with van der Waals surface area (Å²) in [6.07, 6.45) is -1.11. The normalized spacial score (nSPS) is 30.5. The van der Waals surface area contributed by atoms with Crippen molar-refractivity contribution in [3.8, 4) is 11.6 Å². The Morgan fingerprint density at radius 3 is 2.46 bits per heavy atom. The highest BCUT2D eigenvalue weighted by Crippen LogP contribution is 2.53. The van der Waals surface area contributed by atoms with Gasteiger partial charge in [0.05, 0.1) is 32.0 Å². The fourth-order valence-corrected chi connectivity index (χ4v) is 9.64. The molecule has 20 heteroatoms. The van der Waals surface area contributed by atoms with Gasteiger partial charge in [0.2, 0.25) is 33.3 Å². The molecule has 16 nitrogen and oxygen atoms in total. The summed E-state index contributed by atoms with van der Waals surface area (Å²) >= 11 is 0. The molecule has 3 amide bonds. The number of allylic oxidation sites excluding steroid dienone is 1. The Bertz CT molecular complexity index is 2100. The lowest BCUT2D eigenvalue weighted by atomic mass is 9.88. The lowest BCUT2D eigenvalue weighted by molar-refractivity contribution is -0.244.